The molecule has 0 spiro atoms. The Morgan fingerprint density at radius 1 is 1.05 bits per heavy atom. The predicted molar refractivity (Wildman–Crippen MR) is 79.4 cm³/mol. The first-order chi connectivity index (χ1) is 9.22. The van der Waals surface area contributed by atoms with E-state index in [1.165, 1.54) is 57.8 Å². The number of hydrogen-bond acceptors (Lipinski definition) is 2. The molecule has 3 heteroatoms. The lowest BCUT2D eigenvalue weighted by Crippen LogP contribution is -2.32. The van der Waals surface area contributed by atoms with Gasteiger partial charge in [0, 0.05) is 6.54 Å². The number of rotatable bonds is 13. The quantitative estimate of drug-likeness (QED) is 0.515. The molecule has 0 unspecified atom stereocenters. The summed E-state index contributed by atoms with van der Waals surface area (Å²) in [7, 11) is 0. The second-order valence-electron chi connectivity index (χ2n) is 6.05. The highest BCUT2D eigenvalue weighted by Gasteiger charge is 2.24. The summed E-state index contributed by atoms with van der Waals surface area (Å²) in [5.74, 6) is 0.105. The van der Waals surface area contributed by atoms with Crippen LogP contribution < -0.4 is 0 Å². The molecule has 1 aliphatic rings. The second kappa shape index (κ2) is 10.2. The zero-order chi connectivity index (χ0) is 13.9. The maximum absolute atomic E-state index is 10.8. The maximum Gasteiger partial charge on any atom is 0.317 e. The predicted octanol–water partition coefficient (Wildman–Crippen LogP) is 3.92. The Labute approximate surface area is 118 Å². The molecule has 0 aliphatic heterocycles. The minimum absolute atomic E-state index is 0.229. The van der Waals surface area contributed by atoms with Crippen molar-refractivity contribution in [2.45, 2.75) is 71.1 Å². The van der Waals surface area contributed by atoms with E-state index in [0.29, 0.717) is 0 Å². The van der Waals surface area contributed by atoms with Crippen LogP contribution in [0, 0.1) is 5.92 Å². The van der Waals surface area contributed by atoms with Gasteiger partial charge in [0.15, 0.2) is 0 Å². The Kier molecular flexibility index (Phi) is 8.89. The number of carbonyl (C=O) groups is 1. The Hall–Kier alpha value is -0.570. The van der Waals surface area contributed by atoms with Gasteiger partial charge in [-0.25, -0.2) is 0 Å². The van der Waals surface area contributed by atoms with E-state index in [1.54, 1.807) is 0 Å². The van der Waals surface area contributed by atoms with Gasteiger partial charge in [-0.3, -0.25) is 9.69 Å². The molecule has 0 aromatic carbocycles. The van der Waals surface area contributed by atoms with Gasteiger partial charge in [-0.2, -0.15) is 0 Å². The summed E-state index contributed by atoms with van der Waals surface area (Å²) in [5, 5.41) is 8.90. The number of carboxylic acids is 1. The summed E-state index contributed by atoms with van der Waals surface area (Å²) >= 11 is 0. The van der Waals surface area contributed by atoms with Crippen molar-refractivity contribution in [1.82, 2.24) is 4.90 Å². The summed E-state index contributed by atoms with van der Waals surface area (Å²) in [6.45, 7) is 4.45. The normalized spacial score (nSPS) is 15.1. The molecule has 0 bridgehead atoms. The Morgan fingerprint density at radius 2 is 1.63 bits per heavy atom. The number of carboxylic acid groups (broad SMARTS) is 1. The van der Waals surface area contributed by atoms with Gasteiger partial charge in [-0.15, -0.1) is 0 Å². The fourth-order valence-corrected chi connectivity index (χ4v) is 2.56. The van der Waals surface area contributed by atoms with E-state index < -0.39 is 5.97 Å². The first-order valence-corrected chi connectivity index (χ1v) is 8.16. The van der Waals surface area contributed by atoms with Crippen molar-refractivity contribution in [3.05, 3.63) is 0 Å². The van der Waals surface area contributed by atoms with Crippen LogP contribution in [0.4, 0.5) is 0 Å². The number of aliphatic carboxylic acids is 1. The number of nitrogens with zero attached hydrogens (tertiary/aromatic N) is 1. The maximum atomic E-state index is 10.8. The van der Waals surface area contributed by atoms with E-state index in [-0.39, 0.29) is 6.54 Å². The summed E-state index contributed by atoms with van der Waals surface area (Å²) in [4.78, 5) is 12.9. The third kappa shape index (κ3) is 9.94. The summed E-state index contributed by atoms with van der Waals surface area (Å²) < 4.78 is 0. The van der Waals surface area contributed by atoms with Gasteiger partial charge in [-0.05, 0) is 31.7 Å². The van der Waals surface area contributed by atoms with Gasteiger partial charge in [0.05, 0.1) is 6.54 Å². The third-order valence-electron chi connectivity index (χ3n) is 3.90. The van der Waals surface area contributed by atoms with Gasteiger partial charge < -0.3 is 5.11 Å². The highest BCUT2D eigenvalue weighted by molar-refractivity contribution is 5.69. The lowest BCUT2D eigenvalue weighted by molar-refractivity contribution is -0.138. The molecule has 1 saturated carbocycles. The van der Waals surface area contributed by atoms with Crippen molar-refractivity contribution in [1.29, 1.82) is 0 Å². The van der Waals surface area contributed by atoms with Crippen LogP contribution in [-0.2, 0) is 4.79 Å². The Balaban J connectivity index is 1.96. The van der Waals surface area contributed by atoms with E-state index in [4.69, 9.17) is 5.11 Å². The zero-order valence-electron chi connectivity index (χ0n) is 12.6. The number of hydrogen-bond donors (Lipinski definition) is 1. The first kappa shape index (κ1) is 16.5. The molecule has 0 amide bonds. The molecule has 1 aliphatic carbocycles. The molecule has 112 valence electrons. The molecule has 1 N–H and O–H groups in total. The fraction of sp³-hybridized carbons (Fsp3) is 0.938. The topological polar surface area (TPSA) is 40.5 Å². The van der Waals surface area contributed by atoms with Gasteiger partial charge in [0.1, 0.15) is 0 Å². The summed E-state index contributed by atoms with van der Waals surface area (Å²) in [5.41, 5.74) is 0. The molecule has 0 aromatic heterocycles. The highest BCUT2D eigenvalue weighted by atomic mass is 16.4. The molecule has 0 radical (unpaired) electrons. The van der Waals surface area contributed by atoms with Crippen LogP contribution in [0.3, 0.4) is 0 Å². The lowest BCUT2D eigenvalue weighted by Gasteiger charge is -2.19. The molecule has 3 nitrogen and oxygen atoms in total. The standard InChI is InChI=1S/C16H31NO2/c1-2-3-4-5-6-7-8-9-12-17(14-16(18)19)13-15-10-11-15/h15H,2-14H2,1H3,(H,18,19). The van der Waals surface area contributed by atoms with E-state index >= 15 is 0 Å². The minimum Gasteiger partial charge on any atom is -0.480 e. The molecule has 19 heavy (non-hydrogen) atoms. The van der Waals surface area contributed by atoms with Crippen molar-refractivity contribution < 1.29 is 9.90 Å². The van der Waals surface area contributed by atoms with Gasteiger partial charge >= 0.3 is 5.97 Å². The van der Waals surface area contributed by atoms with Crippen LogP contribution in [0.5, 0.6) is 0 Å². The second-order valence-corrected chi connectivity index (χ2v) is 6.05. The third-order valence-corrected chi connectivity index (χ3v) is 3.90. The highest BCUT2D eigenvalue weighted by Crippen LogP contribution is 2.29. The molecule has 0 heterocycles. The minimum atomic E-state index is -0.680. The molecule has 0 atom stereocenters. The van der Waals surface area contributed by atoms with Crippen molar-refractivity contribution in [3.63, 3.8) is 0 Å². The first-order valence-electron chi connectivity index (χ1n) is 8.16. The van der Waals surface area contributed by atoms with Crippen LogP contribution in [0.1, 0.15) is 71.1 Å². The molecular weight excluding hydrogens is 238 g/mol. The van der Waals surface area contributed by atoms with Gasteiger partial charge in [-0.1, -0.05) is 51.9 Å². The van der Waals surface area contributed by atoms with Crippen molar-refractivity contribution in [2.75, 3.05) is 19.6 Å². The molecular formula is C16H31NO2. The largest absolute Gasteiger partial charge is 0.480 e. The monoisotopic (exact) mass is 269 g/mol. The van der Waals surface area contributed by atoms with Crippen LogP contribution >= 0.6 is 0 Å². The van der Waals surface area contributed by atoms with Crippen LogP contribution in [0.2, 0.25) is 0 Å². The van der Waals surface area contributed by atoms with E-state index in [9.17, 15) is 4.79 Å². The van der Waals surface area contributed by atoms with Crippen molar-refractivity contribution in [2.24, 2.45) is 5.92 Å². The average molecular weight is 269 g/mol. The SMILES string of the molecule is CCCCCCCCCCN(CC(=O)O)CC1CC1. The van der Waals surface area contributed by atoms with E-state index in [2.05, 4.69) is 11.8 Å². The average Bonchev–Trinajstić information content (AvgIpc) is 3.15. The Morgan fingerprint density at radius 3 is 2.16 bits per heavy atom. The lowest BCUT2D eigenvalue weighted by atomic mass is 10.1. The fourth-order valence-electron chi connectivity index (χ4n) is 2.56. The van der Waals surface area contributed by atoms with Crippen molar-refractivity contribution >= 4 is 5.97 Å². The molecule has 0 aromatic rings. The summed E-state index contributed by atoms with van der Waals surface area (Å²) in [6, 6.07) is 0. The van der Waals surface area contributed by atoms with Gasteiger partial charge in [0.25, 0.3) is 0 Å². The molecule has 1 rings (SSSR count). The zero-order valence-corrected chi connectivity index (χ0v) is 12.6. The van der Waals surface area contributed by atoms with Crippen molar-refractivity contribution in [3.8, 4) is 0 Å². The number of unbranched alkanes of at least 4 members (excludes halogenated alkanes) is 7. The Bertz CT molecular complexity index is 239. The van der Waals surface area contributed by atoms with Crippen LogP contribution in [0.15, 0.2) is 0 Å². The van der Waals surface area contributed by atoms with Crippen LogP contribution in [-0.4, -0.2) is 35.6 Å². The summed E-state index contributed by atoms with van der Waals surface area (Å²) in [6.07, 6.45) is 13.1. The molecule has 1 fully saturated rings. The molecule has 0 saturated heterocycles. The van der Waals surface area contributed by atoms with E-state index in [0.717, 1.165) is 25.4 Å². The van der Waals surface area contributed by atoms with Crippen LogP contribution in [0.25, 0.3) is 0 Å². The smallest absolute Gasteiger partial charge is 0.317 e. The van der Waals surface area contributed by atoms with Gasteiger partial charge in [0.2, 0.25) is 0 Å². The van der Waals surface area contributed by atoms with E-state index in [1.807, 2.05) is 0 Å².